The summed E-state index contributed by atoms with van der Waals surface area (Å²) in [4.78, 5) is 15.0. The first kappa shape index (κ1) is 22.4. The zero-order valence-corrected chi connectivity index (χ0v) is 18.4. The largest absolute Gasteiger partial charge is 0.497 e. The van der Waals surface area contributed by atoms with Gasteiger partial charge in [0.25, 0.3) is 0 Å². The first-order valence-electron chi connectivity index (χ1n) is 10.1. The molecule has 1 fully saturated rings. The van der Waals surface area contributed by atoms with Crippen LogP contribution in [0.15, 0.2) is 42.5 Å². The number of nitrogens with one attached hydrogen (secondary N) is 1. The third-order valence-electron chi connectivity index (χ3n) is 5.27. The number of hydrogen-bond acceptors (Lipinski definition) is 5. The molecule has 1 N–H and O–H groups in total. The molecule has 3 rings (SSSR count). The molecular formula is C23H29ClN2O4. The molecule has 2 aromatic rings. The summed E-state index contributed by atoms with van der Waals surface area (Å²) in [5, 5.41) is 3.84. The van der Waals surface area contributed by atoms with E-state index in [1.807, 2.05) is 42.5 Å². The smallest absolute Gasteiger partial charge is 0.220 e. The zero-order valence-electron chi connectivity index (χ0n) is 17.7. The zero-order chi connectivity index (χ0) is 21.5. The van der Waals surface area contributed by atoms with Crippen LogP contribution in [0.5, 0.6) is 11.5 Å². The van der Waals surface area contributed by atoms with Gasteiger partial charge in [0.05, 0.1) is 33.0 Å². The summed E-state index contributed by atoms with van der Waals surface area (Å²) in [5.74, 6) is 1.39. The number of rotatable bonds is 8. The number of nitrogens with zero attached hydrogens (tertiary/aromatic N) is 1. The molecule has 0 aliphatic carbocycles. The van der Waals surface area contributed by atoms with Gasteiger partial charge in [0.15, 0.2) is 0 Å². The van der Waals surface area contributed by atoms with Crippen LogP contribution < -0.4 is 14.8 Å². The minimum atomic E-state index is -0.239. The Kier molecular flexibility index (Phi) is 7.96. The minimum absolute atomic E-state index is 0.0337. The molecule has 0 unspecified atom stereocenters. The van der Waals surface area contributed by atoms with Gasteiger partial charge in [0.2, 0.25) is 5.91 Å². The Labute approximate surface area is 183 Å². The molecule has 1 heterocycles. The van der Waals surface area contributed by atoms with Crippen LogP contribution in [0.25, 0.3) is 0 Å². The number of methoxy groups -OCH3 is 2. The molecule has 0 bridgehead atoms. The predicted octanol–water partition coefficient (Wildman–Crippen LogP) is 3.48. The molecule has 7 heteroatoms. The average Bonchev–Trinajstić information content (AvgIpc) is 2.76. The number of benzene rings is 2. The third kappa shape index (κ3) is 6.11. The third-order valence-corrected chi connectivity index (χ3v) is 5.52. The molecule has 30 heavy (non-hydrogen) atoms. The molecule has 1 amide bonds. The van der Waals surface area contributed by atoms with Gasteiger partial charge in [-0.05, 0) is 48.9 Å². The number of ether oxygens (including phenoxy) is 3. The molecule has 0 aromatic heterocycles. The second kappa shape index (κ2) is 10.7. The van der Waals surface area contributed by atoms with Crippen molar-refractivity contribution >= 4 is 17.5 Å². The number of aryl methyl sites for hydroxylation is 1. The van der Waals surface area contributed by atoms with E-state index in [0.29, 0.717) is 36.0 Å². The highest BCUT2D eigenvalue weighted by Crippen LogP contribution is 2.25. The lowest BCUT2D eigenvalue weighted by atomic mass is 9.99. The molecule has 1 aliphatic heterocycles. The number of amides is 1. The van der Waals surface area contributed by atoms with Gasteiger partial charge in [-0.15, -0.1) is 0 Å². The lowest BCUT2D eigenvalue weighted by Gasteiger charge is -2.35. The number of morpholine rings is 1. The Hall–Kier alpha value is -2.28. The van der Waals surface area contributed by atoms with Crippen molar-refractivity contribution in [2.45, 2.75) is 25.0 Å². The molecule has 2 atom stereocenters. The van der Waals surface area contributed by atoms with E-state index in [4.69, 9.17) is 25.8 Å². The van der Waals surface area contributed by atoms with Crippen LogP contribution in [-0.2, 0) is 16.0 Å². The van der Waals surface area contributed by atoms with E-state index in [-0.39, 0.29) is 18.1 Å². The van der Waals surface area contributed by atoms with E-state index in [9.17, 15) is 4.79 Å². The van der Waals surface area contributed by atoms with Crippen molar-refractivity contribution in [2.75, 3.05) is 41.0 Å². The first-order valence-corrected chi connectivity index (χ1v) is 10.4. The highest BCUT2D eigenvalue weighted by atomic mass is 35.5. The van der Waals surface area contributed by atoms with Crippen LogP contribution in [-0.4, -0.2) is 57.9 Å². The van der Waals surface area contributed by atoms with Crippen LogP contribution in [0.1, 0.15) is 23.6 Å². The minimum Gasteiger partial charge on any atom is -0.497 e. The molecule has 0 radical (unpaired) electrons. The summed E-state index contributed by atoms with van der Waals surface area (Å²) < 4.78 is 16.6. The molecule has 0 saturated carbocycles. The average molecular weight is 433 g/mol. The normalized spacial score (nSPS) is 17.9. The van der Waals surface area contributed by atoms with Gasteiger partial charge < -0.3 is 24.4 Å². The van der Waals surface area contributed by atoms with Crippen molar-refractivity contribution in [3.8, 4) is 11.5 Å². The van der Waals surface area contributed by atoms with Crippen molar-refractivity contribution in [3.63, 3.8) is 0 Å². The van der Waals surface area contributed by atoms with E-state index in [0.717, 1.165) is 24.2 Å². The summed E-state index contributed by atoms with van der Waals surface area (Å²) in [6.45, 7) is 2.28. The maximum atomic E-state index is 12.8. The quantitative estimate of drug-likeness (QED) is 0.692. The van der Waals surface area contributed by atoms with Gasteiger partial charge in [-0.1, -0.05) is 23.7 Å². The highest BCUT2D eigenvalue weighted by Gasteiger charge is 2.29. The van der Waals surface area contributed by atoms with Crippen LogP contribution in [0.4, 0.5) is 0 Å². The van der Waals surface area contributed by atoms with Gasteiger partial charge in [0, 0.05) is 30.6 Å². The molecule has 2 aromatic carbocycles. The van der Waals surface area contributed by atoms with Crippen LogP contribution in [0.3, 0.4) is 0 Å². The Balaban J connectivity index is 1.69. The fourth-order valence-corrected chi connectivity index (χ4v) is 3.71. The fourth-order valence-electron chi connectivity index (χ4n) is 3.59. The summed E-state index contributed by atoms with van der Waals surface area (Å²) in [6.07, 6.45) is 0.812. The van der Waals surface area contributed by atoms with Crippen molar-refractivity contribution in [3.05, 3.63) is 58.6 Å². The van der Waals surface area contributed by atoms with E-state index in [2.05, 4.69) is 17.3 Å². The van der Waals surface area contributed by atoms with Gasteiger partial charge in [0.1, 0.15) is 11.5 Å². The molecule has 6 nitrogen and oxygen atoms in total. The number of carbonyl (C=O) groups excluding carboxylic acids is 1. The number of likely N-dealkylation sites (N-methyl/N-ethyl adjacent to an activating group) is 1. The molecule has 1 aliphatic rings. The Morgan fingerprint density at radius 2 is 1.87 bits per heavy atom. The lowest BCUT2D eigenvalue weighted by molar-refractivity contribution is -0.124. The predicted molar refractivity (Wildman–Crippen MR) is 117 cm³/mol. The molecule has 162 valence electrons. The number of carbonyl (C=O) groups is 1. The SMILES string of the molecule is COc1cc(CCC(=O)N[C@@H](c2ccc(Cl)cc2)[C@@H]2CN(C)CCO2)cc(OC)c1. The van der Waals surface area contributed by atoms with E-state index >= 15 is 0 Å². The van der Waals surface area contributed by atoms with Crippen LogP contribution in [0, 0.1) is 0 Å². The van der Waals surface area contributed by atoms with Crippen molar-refractivity contribution in [2.24, 2.45) is 0 Å². The Morgan fingerprint density at radius 1 is 1.20 bits per heavy atom. The van der Waals surface area contributed by atoms with Gasteiger partial charge in [-0.25, -0.2) is 0 Å². The van der Waals surface area contributed by atoms with E-state index < -0.39 is 0 Å². The maximum absolute atomic E-state index is 12.8. The second-order valence-corrected chi connectivity index (χ2v) is 7.93. The number of hydrogen-bond donors (Lipinski definition) is 1. The molecule has 1 saturated heterocycles. The molecular weight excluding hydrogens is 404 g/mol. The summed E-state index contributed by atoms with van der Waals surface area (Å²) in [7, 11) is 5.29. The standard InChI is InChI=1S/C23H29ClN2O4/c1-26-10-11-30-21(15-26)23(17-5-7-18(24)8-6-17)25-22(27)9-4-16-12-19(28-2)14-20(13-16)29-3/h5-8,12-14,21,23H,4,9-11,15H2,1-3H3,(H,25,27)/t21-,23-/m0/s1. The first-order chi connectivity index (χ1) is 14.5. The van der Waals surface area contributed by atoms with Gasteiger partial charge >= 0.3 is 0 Å². The monoisotopic (exact) mass is 432 g/mol. The molecule has 0 spiro atoms. The summed E-state index contributed by atoms with van der Waals surface area (Å²) in [6, 6.07) is 13.0. The fraction of sp³-hybridized carbons (Fsp3) is 0.435. The van der Waals surface area contributed by atoms with Crippen LogP contribution >= 0.6 is 11.6 Å². The summed E-state index contributed by atoms with van der Waals surface area (Å²) >= 11 is 6.05. The van der Waals surface area contributed by atoms with Gasteiger partial charge in [-0.3, -0.25) is 4.79 Å². The van der Waals surface area contributed by atoms with E-state index in [1.54, 1.807) is 14.2 Å². The van der Waals surface area contributed by atoms with Crippen molar-refractivity contribution in [1.29, 1.82) is 0 Å². The summed E-state index contributed by atoms with van der Waals surface area (Å²) in [5.41, 5.74) is 1.97. The van der Waals surface area contributed by atoms with Crippen molar-refractivity contribution < 1.29 is 19.0 Å². The van der Waals surface area contributed by atoms with Crippen molar-refractivity contribution in [1.82, 2.24) is 10.2 Å². The highest BCUT2D eigenvalue weighted by molar-refractivity contribution is 6.30. The second-order valence-electron chi connectivity index (χ2n) is 7.49. The number of halogens is 1. The lowest BCUT2D eigenvalue weighted by Crippen LogP contribution is -2.48. The Bertz CT molecular complexity index is 821. The van der Waals surface area contributed by atoms with Crippen LogP contribution in [0.2, 0.25) is 5.02 Å². The van der Waals surface area contributed by atoms with Gasteiger partial charge in [-0.2, -0.15) is 0 Å². The Morgan fingerprint density at radius 3 is 2.47 bits per heavy atom. The van der Waals surface area contributed by atoms with E-state index in [1.165, 1.54) is 0 Å². The maximum Gasteiger partial charge on any atom is 0.220 e. The topological polar surface area (TPSA) is 60.0 Å².